The van der Waals surface area contributed by atoms with Crippen molar-refractivity contribution in [3.8, 4) is 17.1 Å². The first-order valence-corrected chi connectivity index (χ1v) is 10.3. The molecule has 0 amide bonds. The van der Waals surface area contributed by atoms with Crippen molar-refractivity contribution in [2.45, 2.75) is 30.7 Å². The number of hydrogen-bond donors (Lipinski definition) is 0. The fourth-order valence-electron chi connectivity index (χ4n) is 2.89. The number of non-ortho nitro benzene ring substituents is 1. The third-order valence-electron chi connectivity index (χ3n) is 4.56. The molecule has 0 bridgehead atoms. The van der Waals surface area contributed by atoms with Crippen LogP contribution >= 0.6 is 11.8 Å². The first kappa shape index (κ1) is 19.8. The molecule has 4 rings (SSSR count). The van der Waals surface area contributed by atoms with Crippen molar-refractivity contribution in [1.29, 1.82) is 0 Å². The molecule has 8 nitrogen and oxygen atoms in total. The maximum atomic E-state index is 10.8. The summed E-state index contributed by atoms with van der Waals surface area (Å²) in [6, 6.07) is 14.4. The first-order chi connectivity index (χ1) is 14.5. The molecule has 0 radical (unpaired) electrons. The monoisotopic (exact) mass is 421 g/mol. The third-order valence-corrected chi connectivity index (χ3v) is 5.51. The lowest BCUT2D eigenvalue weighted by Crippen LogP contribution is -1.96. The molecule has 30 heavy (non-hydrogen) atoms. The van der Waals surface area contributed by atoms with Crippen LogP contribution in [0.5, 0.6) is 0 Å². The summed E-state index contributed by atoms with van der Waals surface area (Å²) in [5, 5.41) is 19.7. The maximum Gasteiger partial charge on any atom is 0.269 e. The molecule has 0 unspecified atom stereocenters. The van der Waals surface area contributed by atoms with Gasteiger partial charge in [-0.25, -0.2) is 4.98 Å². The number of rotatable bonds is 7. The van der Waals surface area contributed by atoms with Crippen molar-refractivity contribution in [2.24, 2.45) is 0 Å². The number of benzene rings is 2. The molecule has 2 heterocycles. The van der Waals surface area contributed by atoms with Crippen molar-refractivity contribution in [2.75, 3.05) is 0 Å². The number of imidazole rings is 1. The first-order valence-electron chi connectivity index (χ1n) is 9.35. The van der Waals surface area contributed by atoms with Crippen molar-refractivity contribution < 1.29 is 9.34 Å². The van der Waals surface area contributed by atoms with Crippen molar-refractivity contribution in [3.05, 3.63) is 82.5 Å². The molecule has 0 saturated carbocycles. The molecule has 0 fully saturated rings. The van der Waals surface area contributed by atoms with E-state index in [-0.39, 0.29) is 5.69 Å². The van der Waals surface area contributed by atoms with Crippen LogP contribution in [0.15, 0.2) is 70.5 Å². The predicted molar refractivity (Wildman–Crippen MR) is 114 cm³/mol. The largest absolute Gasteiger partial charge is 0.420 e. The van der Waals surface area contributed by atoms with Crippen LogP contribution in [0.25, 0.3) is 17.1 Å². The Morgan fingerprint density at radius 3 is 2.50 bits per heavy atom. The average molecular weight is 421 g/mol. The molecular weight excluding hydrogens is 402 g/mol. The molecule has 0 spiro atoms. The molecular formula is C21H19N5O3S. The van der Waals surface area contributed by atoms with Gasteiger partial charge in [0.25, 0.3) is 5.69 Å². The summed E-state index contributed by atoms with van der Waals surface area (Å²) in [6.07, 6.45) is 3.68. The van der Waals surface area contributed by atoms with Crippen molar-refractivity contribution >= 4 is 17.4 Å². The molecule has 9 heteroatoms. The van der Waals surface area contributed by atoms with Gasteiger partial charge in [-0.3, -0.25) is 14.7 Å². The molecule has 0 aliphatic carbocycles. The molecule has 0 saturated heterocycles. The molecule has 0 N–H and O–H groups in total. The number of thioether (sulfide) groups is 1. The van der Waals surface area contributed by atoms with Gasteiger partial charge in [0.1, 0.15) is 0 Å². The van der Waals surface area contributed by atoms with E-state index in [9.17, 15) is 10.1 Å². The van der Waals surface area contributed by atoms with Gasteiger partial charge in [0.2, 0.25) is 11.8 Å². The Kier molecular flexibility index (Phi) is 5.62. The SMILES string of the molecule is CC(C)c1ccc(-n2ccnc2SCc2nnc(-c3ccc([N+](=O)[O-])cc3)o2)cc1. The van der Waals surface area contributed by atoms with E-state index in [0.717, 1.165) is 10.8 Å². The molecule has 2 aromatic heterocycles. The number of nitro benzene ring substituents is 1. The second kappa shape index (κ2) is 8.50. The van der Waals surface area contributed by atoms with Gasteiger partial charge in [0, 0.05) is 35.8 Å². The lowest BCUT2D eigenvalue weighted by Gasteiger charge is -2.09. The second-order valence-electron chi connectivity index (χ2n) is 6.92. The summed E-state index contributed by atoms with van der Waals surface area (Å²) in [7, 11) is 0. The van der Waals surface area contributed by atoms with E-state index in [4.69, 9.17) is 4.42 Å². The smallest absolute Gasteiger partial charge is 0.269 e. The number of nitro groups is 1. The van der Waals surface area contributed by atoms with E-state index in [2.05, 4.69) is 53.3 Å². The lowest BCUT2D eigenvalue weighted by molar-refractivity contribution is -0.384. The zero-order valence-corrected chi connectivity index (χ0v) is 17.2. The zero-order chi connectivity index (χ0) is 21.1. The zero-order valence-electron chi connectivity index (χ0n) is 16.4. The molecule has 4 aromatic rings. The minimum absolute atomic E-state index is 0.0160. The fourth-order valence-corrected chi connectivity index (χ4v) is 3.70. The summed E-state index contributed by atoms with van der Waals surface area (Å²) in [5.41, 5.74) is 2.98. The summed E-state index contributed by atoms with van der Waals surface area (Å²) in [5.74, 6) is 1.73. The third kappa shape index (κ3) is 4.25. The number of aromatic nitrogens is 4. The molecule has 152 valence electrons. The van der Waals surface area contributed by atoms with Crippen molar-refractivity contribution in [1.82, 2.24) is 19.7 Å². The van der Waals surface area contributed by atoms with Crippen LogP contribution < -0.4 is 0 Å². The minimum Gasteiger partial charge on any atom is -0.420 e. The van der Waals surface area contributed by atoms with E-state index >= 15 is 0 Å². The van der Waals surface area contributed by atoms with E-state index in [1.165, 1.54) is 29.5 Å². The van der Waals surface area contributed by atoms with Gasteiger partial charge in [-0.1, -0.05) is 37.7 Å². The Bertz CT molecular complexity index is 1150. The van der Waals surface area contributed by atoms with Crippen LogP contribution in [0.2, 0.25) is 0 Å². The van der Waals surface area contributed by atoms with Gasteiger partial charge in [-0.15, -0.1) is 10.2 Å². The van der Waals surface area contributed by atoms with E-state index in [1.54, 1.807) is 18.3 Å². The Hall–Kier alpha value is -3.46. The van der Waals surface area contributed by atoms with Crippen LogP contribution in [-0.2, 0) is 5.75 Å². The van der Waals surface area contributed by atoms with Gasteiger partial charge < -0.3 is 4.42 Å². The van der Waals surface area contributed by atoms with Gasteiger partial charge in [-0.05, 0) is 35.7 Å². The van der Waals surface area contributed by atoms with Crippen molar-refractivity contribution in [3.63, 3.8) is 0 Å². The van der Waals surface area contributed by atoms with Gasteiger partial charge in [-0.2, -0.15) is 0 Å². The molecule has 2 aromatic carbocycles. The quantitative estimate of drug-likeness (QED) is 0.228. The van der Waals surface area contributed by atoms with E-state index in [1.807, 2.05) is 10.8 Å². The highest BCUT2D eigenvalue weighted by atomic mass is 32.2. The summed E-state index contributed by atoms with van der Waals surface area (Å²) < 4.78 is 7.72. The highest BCUT2D eigenvalue weighted by Crippen LogP contribution is 2.27. The average Bonchev–Trinajstić information content (AvgIpc) is 3.42. The second-order valence-corrected chi connectivity index (χ2v) is 7.86. The van der Waals surface area contributed by atoms with E-state index in [0.29, 0.717) is 29.0 Å². The Morgan fingerprint density at radius 2 is 1.83 bits per heavy atom. The normalized spacial score (nSPS) is 11.2. The highest BCUT2D eigenvalue weighted by Gasteiger charge is 2.13. The van der Waals surface area contributed by atoms with Crippen LogP contribution in [0.1, 0.15) is 31.2 Å². The van der Waals surface area contributed by atoms with Crippen LogP contribution in [-0.4, -0.2) is 24.7 Å². The summed E-state index contributed by atoms with van der Waals surface area (Å²) in [6.45, 7) is 4.34. The van der Waals surface area contributed by atoms with Gasteiger partial charge in [0.05, 0.1) is 10.7 Å². The Morgan fingerprint density at radius 1 is 1.10 bits per heavy atom. The Labute approximate surface area is 177 Å². The van der Waals surface area contributed by atoms with Crippen LogP contribution in [0, 0.1) is 10.1 Å². The minimum atomic E-state index is -0.446. The van der Waals surface area contributed by atoms with E-state index < -0.39 is 4.92 Å². The predicted octanol–water partition coefficient (Wildman–Crippen LogP) is 5.25. The summed E-state index contributed by atoms with van der Waals surface area (Å²) >= 11 is 1.49. The number of hydrogen-bond acceptors (Lipinski definition) is 7. The molecule has 0 aliphatic rings. The lowest BCUT2D eigenvalue weighted by atomic mass is 10.0. The fraction of sp³-hybridized carbons (Fsp3) is 0.190. The van der Waals surface area contributed by atoms with Gasteiger partial charge in [0.15, 0.2) is 5.16 Å². The topological polar surface area (TPSA) is 99.9 Å². The van der Waals surface area contributed by atoms with Crippen LogP contribution in [0.3, 0.4) is 0 Å². The Balaban J connectivity index is 1.45. The summed E-state index contributed by atoms with van der Waals surface area (Å²) in [4.78, 5) is 14.8. The van der Waals surface area contributed by atoms with Crippen LogP contribution in [0.4, 0.5) is 5.69 Å². The molecule has 0 atom stereocenters. The maximum absolute atomic E-state index is 10.8. The van der Waals surface area contributed by atoms with Gasteiger partial charge >= 0.3 is 0 Å². The molecule has 0 aliphatic heterocycles. The highest BCUT2D eigenvalue weighted by molar-refractivity contribution is 7.98. The standard InChI is InChI=1S/C21H19N5O3S/c1-14(2)15-3-7-17(8-4-15)25-12-11-22-21(25)30-13-19-23-24-20(29-19)16-5-9-18(10-6-16)26(27)28/h3-12,14H,13H2,1-2H3. The number of nitrogens with zero attached hydrogens (tertiary/aromatic N) is 5.